The first kappa shape index (κ1) is 23.5. The Morgan fingerprint density at radius 3 is 2.61 bits per heavy atom. The maximum absolute atomic E-state index is 13.8. The number of thioether (sulfide) groups is 1. The molecular weight excluding hydrogens is 512 g/mol. The number of carbonyl (C=O) groups is 1. The molecule has 0 fully saturated rings. The quantitative estimate of drug-likeness (QED) is 0.193. The van der Waals surface area contributed by atoms with Crippen LogP contribution in [0.5, 0.6) is 0 Å². The third-order valence-corrected chi connectivity index (χ3v) is 9.10. The van der Waals surface area contributed by atoms with Gasteiger partial charge in [-0.1, -0.05) is 53.7 Å². The zero-order valence-corrected chi connectivity index (χ0v) is 21.8. The summed E-state index contributed by atoms with van der Waals surface area (Å²) < 4.78 is 3.75. The van der Waals surface area contributed by atoms with Crippen LogP contribution < -0.4 is 5.56 Å². The number of rotatable bonds is 7. The molecule has 0 amide bonds. The van der Waals surface area contributed by atoms with E-state index < -0.39 is 0 Å². The normalized spacial score (nSPS) is 13.4. The monoisotopic (exact) mass is 534 g/mol. The largest absolute Gasteiger partial charge is 0.293 e. The highest BCUT2D eigenvalue weighted by Crippen LogP contribution is 2.36. The molecule has 1 aliphatic carbocycles. The summed E-state index contributed by atoms with van der Waals surface area (Å²) in [4.78, 5) is 28.8. The maximum Gasteiger partial charge on any atom is 0.263 e. The maximum atomic E-state index is 13.8. The lowest BCUT2D eigenvalue weighted by Gasteiger charge is -2.12. The summed E-state index contributed by atoms with van der Waals surface area (Å²) in [6.45, 7) is 0.513. The van der Waals surface area contributed by atoms with Crippen LogP contribution in [0.25, 0.3) is 16.0 Å². The third kappa shape index (κ3) is 4.27. The molecule has 0 N–H and O–H groups in total. The third-order valence-electron chi connectivity index (χ3n) is 6.64. The van der Waals surface area contributed by atoms with Crippen LogP contribution in [-0.4, -0.2) is 30.7 Å². The summed E-state index contributed by atoms with van der Waals surface area (Å²) in [5.74, 6) is 0.744. The predicted octanol–water partition coefficient (Wildman–Crippen LogP) is 5.86. The van der Waals surface area contributed by atoms with Gasteiger partial charge in [-0.2, -0.15) is 0 Å². The van der Waals surface area contributed by atoms with Crippen molar-refractivity contribution in [3.63, 3.8) is 0 Å². The van der Waals surface area contributed by atoms with Crippen LogP contribution in [0.2, 0.25) is 5.02 Å². The first-order valence-corrected chi connectivity index (χ1v) is 14.2. The molecule has 0 unspecified atom stereocenters. The Morgan fingerprint density at radius 2 is 1.81 bits per heavy atom. The zero-order chi connectivity index (χ0) is 24.6. The number of carbonyl (C=O) groups excluding carboxylic acids is 1. The second kappa shape index (κ2) is 9.84. The second-order valence-corrected chi connectivity index (χ2v) is 11.4. The van der Waals surface area contributed by atoms with Gasteiger partial charge in [-0.25, -0.2) is 4.40 Å². The number of aromatic nitrogens is 4. The molecule has 3 aromatic heterocycles. The second-order valence-electron chi connectivity index (χ2n) is 8.92. The highest BCUT2D eigenvalue weighted by molar-refractivity contribution is 7.99. The first-order valence-electron chi connectivity index (χ1n) is 12.0. The minimum absolute atomic E-state index is 0.00691. The van der Waals surface area contributed by atoms with E-state index in [9.17, 15) is 9.59 Å². The van der Waals surface area contributed by atoms with Gasteiger partial charge in [0.2, 0.25) is 5.78 Å². The van der Waals surface area contributed by atoms with E-state index in [0.29, 0.717) is 28.1 Å². The Bertz CT molecular complexity index is 1640. The van der Waals surface area contributed by atoms with E-state index in [2.05, 4.69) is 22.3 Å². The van der Waals surface area contributed by atoms with E-state index in [4.69, 9.17) is 11.6 Å². The molecule has 0 saturated carbocycles. The Kier molecular flexibility index (Phi) is 6.41. The summed E-state index contributed by atoms with van der Waals surface area (Å²) in [5, 5.41) is 10.9. The average molecular weight is 535 g/mol. The molecule has 2 aromatic carbocycles. The summed E-state index contributed by atoms with van der Waals surface area (Å²) in [6, 6.07) is 17.1. The van der Waals surface area contributed by atoms with Gasteiger partial charge in [0.1, 0.15) is 4.83 Å². The van der Waals surface area contributed by atoms with Crippen molar-refractivity contribution >= 4 is 56.5 Å². The number of halogens is 1. The molecule has 0 atom stereocenters. The first-order chi connectivity index (χ1) is 17.6. The van der Waals surface area contributed by atoms with Gasteiger partial charge in [-0.3, -0.25) is 14.2 Å². The van der Waals surface area contributed by atoms with Gasteiger partial charge in [-0.05, 0) is 67.5 Å². The van der Waals surface area contributed by atoms with Gasteiger partial charge in [0.25, 0.3) is 5.56 Å². The van der Waals surface area contributed by atoms with Crippen LogP contribution in [0.3, 0.4) is 0 Å². The lowest BCUT2D eigenvalue weighted by Crippen LogP contribution is -2.24. The van der Waals surface area contributed by atoms with Gasteiger partial charge < -0.3 is 0 Å². The van der Waals surface area contributed by atoms with Crippen molar-refractivity contribution in [2.24, 2.45) is 0 Å². The molecule has 0 saturated heterocycles. The Morgan fingerprint density at radius 1 is 1.03 bits per heavy atom. The predicted molar refractivity (Wildman–Crippen MR) is 146 cm³/mol. The van der Waals surface area contributed by atoms with Crippen molar-refractivity contribution in [1.29, 1.82) is 0 Å². The fourth-order valence-electron chi connectivity index (χ4n) is 4.80. The number of nitrogens with zero attached hydrogens (tertiary/aromatic N) is 4. The van der Waals surface area contributed by atoms with Crippen LogP contribution in [-0.2, 0) is 25.8 Å². The van der Waals surface area contributed by atoms with Crippen molar-refractivity contribution in [3.8, 4) is 0 Å². The lowest BCUT2D eigenvalue weighted by atomic mass is 9.97. The van der Waals surface area contributed by atoms with Crippen LogP contribution in [0.4, 0.5) is 0 Å². The average Bonchev–Trinajstić information content (AvgIpc) is 3.50. The van der Waals surface area contributed by atoms with Gasteiger partial charge >= 0.3 is 0 Å². The number of ketones is 1. The van der Waals surface area contributed by atoms with Crippen LogP contribution in [0.1, 0.15) is 39.2 Å². The van der Waals surface area contributed by atoms with E-state index in [1.165, 1.54) is 22.2 Å². The van der Waals surface area contributed by atoms with Crippen molar-refractivity contribution < 1.29 is 4.79 Å². The minimum atomic E-state index is -0.00691. The van der Waals surface area contributed by atoms with E-state index in [1.54, 1.807) is 40.2 Å². The number of hydrogen-bond acceptors (Lipinski definition) is 6. The van der Waals surface area contributed by atoms with Crippen molar-refractivity contribution in [1.82, 2.24) is 19.2 Å². The fourth-order valence-corrected chi connectivity index (χ4v) is 7.19. The van der Waals surface area contributed by atoms with E-state index in [1.807, 2.05) is 22.6 Å². The number of fused-ring (bicyclic) bond motifs is 5. The molecule has 0 spiro atoms. The summed E-state index contributed by atoms with van der Waals surface area (Å²) in [6.07, 6.45) is 4.89. The minimum Gasteiger partial charge on any atom is -0.293 e. The number of Topliss-reactive ketones (excluding diaryl/α,β-unsaturated/α-hetero) is 1. The van der Waals surface area contributed by atoms with Crippen LogP contribution in [0, 0.1) is 0 Å². The van der Waals surface area contributed by atoms with Crippen molar-refractivity contribution in [2.75, 3.05) is 5.75 Å². The van der Waals surface area contributed by atoms with Crippen LogP contribution >= 0.6 is 34.7 Å². The zero-order valence-electron chi connectivity index (χ0n) is 19.4. The topological polar surface area (TPSA) is 69.3 Å². The van der Waals surface area contributed by atoms with E-state index >= 15 is 0 Å². The summed E-state index contributed by atoms with van der Waals surface area (Å²) >= 11 is 8.99. The standard InChI is InChI=1S/C27H23ClN4O2S2/c28-19-12-10-18(11-13-19)21(33)16-35-27-30-29-26-31(15-14-17-6-2-1-3-7-17)24(34)23-20-8-4-5-9-22(20)36-25(23)32(26)27/h1-3,6-7,10-13H,4-5,8-9,14-16H2. The van der Waals surface area contributed by atoms with E-state index in [0.717, 1.165) is 47.9 Å². The number of benzene rings is 2. The van der Waals surface area contributed by atoms with Gasteiger partial charge in [0, 0.05) is 22.0 Å². The molecule has 0 aliphatic heterocycles. The molecule has 6 nitrogen and oxygen atoms in total. The Labute approximate surface area is 220 Å². The van der Waals surface area contributed by atoms with Gasteiger partial charge in [0.05, 0.1) is 11.1 Å². The molecule has 0 bridgehead atoms. The molecule has 182 valence electrons. The van der Waals surface area contributed by atoms with Crippen LogP contribution in [0.15, 0.2) is 64.5 Å². The summed E-state index contributed by atoms with van der Waals surface area (Å²) in [7, 11) is 0. The Hall–Kier alpha value is -2.94. The number of aryl methyl sites for hydroxylation is 4. The van der Waals surface area contributed by atoms with Gasteiger partial charge in [0.15, 0.2) is 10.9 Å². The molecule has 3 heterocycles. The van der Waals surface area contributed by atoms with Gasteiger partial charge in [-0.15, -0.1) is 21.5 Å². The fraction of sp³-hybridized carbons (Fsp3) is 0.259. The highest BCUT2D eigenvalue weighted by atomic mass is 35.5. The lowest BCUT2D eigenvalue weighted by molar-refractivity contribution is 0.102. The Balaban J connectivity index is 1.42. The van der Waals surface area contributed by atoms with Crippen molar-refractivity contribution in [2.45, 2.75) is 43.8 Å². The highest BCUT2D eigenvalue weighted by Gasteiger charge is 2.25. The molecular formula is C27H23ClN4O2S2. The van der Waals surface area contributed by atoms with Crippen molar-refractivity contribution in [3.05, 3.63) is 91.5 Å². The molecule has 9 heteroatoms. The smallest absolute Gasteiger partial charge is 0.263 e. The number of thiophene rings is 1. The molecule has 1 aliphatic rings. The molecule has 6 rings (SSSR count). The SMILES string of the molecule is O=C(CSc1nnc2n(CCc3ccccc3)c(=O)c3c4c(sc3n12)CCCC4)c1ccc(Cl)cc1. The molecule has 5 aromatic rings. The van der Waals surface area contributed by atoms with E-state index in [-0.39, 0.29) is 17.1 Å². The molecule has 0 radical (unpaired) electrons. The number of hydrogen-bond donors (Lipinski definition) is 0. The molecule has 36 heavy (non-hydrogen) atoms. The summed E-state index contributed by atoms with van der Waals surface area (Å²) in [5.41, 5.74) is 2.97.